The summed E-state index contributed by atoms with van der Waals surface area (Å²) in [7, 11) is -0.743. The first-order chi connectivity index (χ1) is 7.45. The zero-order valence-electron chi connectivity index (χ0n) is 8.52. The van der Waals surface area contributed by atoms with Gasteiger partial charge in [-0.3, -0.25) is 5.09 Å². The Bertz CT molecular complexity index is 316. The first-order valence-electron chi connectivity index (χ1n) is 5.10. The molecule has 3 nitrogen and oxygen atoms in total. The summed E-state index contributed by atoms with van der Waals surface area (Å²) in [6, 6.07) is 9.89. The summed E-state index contributed by atoms with van der Waals surface area (Å²) in [5, 5.41) is 6.67. The molecule has 1 aromatic carbocycles. The maximum atomic E-state index is 5.80. The van der Waals surface area contributed by atoms with Crippen LogP contribution in [-0.2, 0) is 0 Å². The number of rotatable bonds is 2. The van der Waals surface area contributed by atoms with Crippen LogP contribution in [0.15, 0.2) is 42.5 Å². The van der Waals surface area contributed by atoms with E-state index >= 15 is 0 Å². The molecule has 0 saturated heterocycles. The summed E-state index contributed by atoms with van der Waals surface area (Å²) in [4.78, 5) is 0. The van der Waals surface area contributed by atoms with Crippen LogP contribution in [0.5, 0.6) is 5.75 Å². The van der Waals surface area contributed by atoms with Gasteiger partial charge in [-0.2, -0.15) is 0 Å². The topological polar surface area (TPSA) is 33.3 Å². The van der Waals surface area contributed by atoms with Crippen LogP contribution in [0, 0.1) is 0 Å². The van der Waals surface area contributed by atoms with Gasteiger partial charge in [-0.1, -0.05) is 30.4 Å². The molecule has 1 aromatic rings. The minimum atomic E-state index is -0.743. The summed E-state index contributed by atoms with van der Waals surface area (Å²) in [5.74, 6) is 0.910. The largest absolute Gasteiger partial charge is 0.445 e. The number of hydrogen-bond donors (Lipinski definition) is 2. The number of hydrogen-bond acceptors (Lipinski definition) is 3. The van der Waals surface area contributed by atoms with Gasteiger partial charge < -0.3 is 4.52 Å². The van der Waals surface area contributed by atoms with E-state index in [4.69, 9.17) is 4.52 Å². The van der Waals surface area contributed by atoms with Gasteiger partial charge in [0.2, 0.25) is 8.45 Å². The summed E-state index contributed by atoms with van der Waals surface area (Å²) in [6.45, 7) is 1.83. The number of para-hydroxylation sites is 1. The van der Waals surface area contributed by atoms with Gasteiger partial charge >= 0.3 is 0 Å². The molecule has 80 valence electrons. The number of nitrogens with one attached hydrogen (secondary N) is 2. The van der Waals surface area contributed by atoms with E-state index in [0.29, 0.717) is 0 Å². The Labute approximate surface area is 91.5 Å². The smallest absolute Gasteiger partial charge is 0.242 e. The molecule has 1 aliphatic rings. The van der Waals surface area contributed by atoms with E-state index in [1.54, 1.807) is 0 Å². The van der Waals surface area contributed by atoms with E-state index in [1.165, 1.54) is 0 Å². The molecule has 4 heteroatoms. The predicted octanol–water partition coefficient (Wildman–Crippen LogP) is 2.43. The van der Waals surface area contributed by atoms with Crippen LogP contribution in [0.3, 0.4) is 0 Å². The van der Waals surface area contributed by atoms with Crippen molar-refractivity contribution >= 4 is 8.45 Å². The van der Waals surface area contributed by atoms with Crippen LogP contribution in [0.2, 0.25) is 0 Å². The van der Waals surface area contributed by atoms with E-state index in [2.05, 4.69) is 22.3 Å². The summed E-state index contributed by atoms with van der Waals surface area (Å²) in [6.07, 6.45) is 5.39. The highest BCUT2D eigenvalue weighted by atomic mass is 31.2. The Hall–Kier alpha value is -0.890. The van der Waals surface area contributed by atoms with Gasteiger partial charge in [0.05, 0.1) is 0 Å². The van der Waals surface area contributed by atoms with Crippen LogP contribution in [0.4, 0.5) is 0 Å². The average molecular weight is 222 g/mol. The van der Waals surface area contributed by atoms with Crippen molar-refractivity contribution in [1.29, 1.82) is 0 Å². The summed E-state index contributed by atoms with van der Waals surface area (Å²) < 4.78 is 5.80. The highest BCUT2D eigenvalue weighted by molar-refractivity contribution is 7.48. The second-order valence-electron chi connectivity index (χ2n) is 3.23. The minimum Gasteiger partial charge on any atom is -0.445 e. The Kier molecular flexibility index (Phi) is 4.15. The molecule has 15 heavy (non-hydrogen) atoms. The molecule has 0 spiro atoms. The lowest BCUT2D eigenvalue weighted by Crippen LogP contribution is -2.24. The van der Waals surface area contributed by atoms with Gasteiger partial charge in [0.25, 0.3) is 0 Å². The van der Waals surface area contributed by atoms with Crippen molar-refractivity contribution in [2.45, 2.75) is 6.42 Å². The molecule has 1 aliphatic heterocycles. The molecule has 0 fully saturated rings. The monoisotopic (exact) mass is 222 g/mol. The second kappa shape index (κ2) is 5.86. The van der Waals surface area contributed by atoms with Crippen LogP contribution in [0.25, 0.3) is 0 Å². The van der Waals surface area contributed by atoms with E-state index < -0.39 is 8.45 Å². The maximum absolute atomic E-state index is 5.80. The second-order valence-corrected chi connectivity index (χ2v) is 4.63. The van der Waals surface area contributed by atoms with E-state index in [9.17, 15) is 0 Å². The van der Waals surface area contributed by atoms with Gasteiger partial charge in [0, 0.05) is 13.1 Å². The van der Waals surface area contributed by atoms with E-state index in [0.717, 1.165) is 25.3 Å². The van der Waals surface area contributed by atoms with Gasteiger partial charge in [0.1, 0.15) is 5.75 Å². The van der Waals surface area contributed by atoms with Crippen molar-refractivity contribution < 1.29 is 4.52 Å². The molecule has 0 aromatic heterocycles. The number of benzene rings is 1. The lowest BCUT2D eigenvalue weighted by molar-refractivity contribution is 0.582. The Balaban J connectivity index is 1.90. The van der Waals surface area contributed by atoms with Crippen molar-refractivity contribution in [2.24, 2.45) is 0 Å². The summed E-state index contributed by atoms with van der Waals surface area (Å²) in [5.41, 5.74) is 0. The van der Waals surface area contributed by atoms with Gasteiger partial charge in [0.15, 0.2) is 0 Å². The molecule has 0 bridgehead atoms. The highest BCUT2D eigenvalue weighted by Crippen LogP contribution is 2.29. The third-order valence-electron chi connectivity index (χ3n) is 2.03. The Morgan fingerprint density at radius 3 is 2.80 bits per heavy atom. The fraction of sp³-hybridized carbons (Fsp3) is 0.273. The molecule has 2 rings (SSSR count). The van der Waals surface area contributed by atoms with Crippen LogP contribution >= 0.6 is 8.45 Å². The quantitative estimate of drug-likeness (QED) is 0.595. The standard InChI is InChI=1S/C11H15N2OP/c1-3-7-11(8-4-1)14-15-12-9-5-2-6-10-13-15/h1-5,7-8,12-13H,6,9-10H2/b5-2-. The molecule has 1 unspecified atom stereocenters. The fourth-order valence-corrected chi connectivity index (χ4v) is 2.47. The zero-order chi connectivity index (χ0) is 10.3. The predicted molar refractivity (Wildman–Crippen MR) is 63.8 cm³/mol. The Morgan fingerprint density at radius 1 is 1.07 bits per heavy atom. The van der Waals surface area contributed by atoms with Crippen LogP contribution in [-0.4, -0.2) is 13.1 Å². The molecule has 0 aliphatic carbocycles. The van der Waals surface area contributed by atoms with Gasteiger partial charge in [-0.15, -0.1) is 0 Å². The van der Waals surface area contributed by atoms with Gasteiger partial charge in [-0.25, -0.2) is 5.09 Å². The molecule has 0 radical (unpaired) electrons. The van der Waals surface area contributed by atoms with Crippen molar-refractivity contribution in [3.8, 4) is 5.75 Å². The van der Waals surface area contributed by atoms with E-state index in [-0.39, 0.29) is 0 Å². The lowest BCUT2D eigenvalue weighted by Gasteiger charge is -2.20. The molecule has 2 N–H and O–H groups in total. The minimum absolute atomic E-state index is 0.743. The third-order valence-corrected chi connectivity index (χ3v) is 3.40. The van der Waals surface area contributed by atoms with Gasteiger partial charge in [-0.05, 0) is 18.6 Å². The van der Waals surface area contributed by atoms with Crippen molar-refractivity contribution in [2.75, 3.05) is 13.1 Å². The van der Waals surface area contributed by atoms with Crippen molar-refractivity contribution in [1.82, 2.24) is 10.2 Å². The molecule has 0 saturated carbocycles. The Morgan fingerprint density at radius 2 is 1.93 bits per heavy atom. The first-order valence-corrected chi connectivity index (χ1v) is 6.36. The van der Waals surface area contributed by atoms with Crippen molar-refractivity contribution in [3.05, 3.63) is 42.5 Å². The SMILES string of the molecule is C1=C\CNP(Oc2ccccc2)NCC/1. The fourth-order valence-electron chi connectivity index (χ4n) is 1.29. The molecular formula is C11H15N2OP. The lowest BCUT2D eigenvalue weighted by atomic mass is 10.3. The normalized spacial score (nSPS) is 23.9. The average Bonchev–Trinajstić information content (AvgIpc) is 2.23. The molecule has 0 amide bonds. The van der Waals surface area contributed by atoms with Crippen LogP contribution in [0.1, 0.15) is 6.42 Å². The van der Waals surface area contributed by atoms with E-state index in [1.807, 2.05) is 30.3 Å². The zero-order valence-corrected chi connectivity index (χ0v) is 9.41. The first kappa shape index (κ1) is 10.6. The summed E-state index contributed by atoms with van der Waals surface area (Å²) >= 11 is 0. The molecular weight excluding hydrogens is 207 g/mol. The molecule has 1 heterocycles. The third kappa shape index (κ3) is 3.63. The maximum Gasteiger partial charge on any atom is 0.242 e. The molecule has 1 atom stereocenters. The van der Waals surface area contributed by atoms with Crippen molar-refractivity contribution in [3.63, 3.8) is 0 Å². The highest BCUT2D eigenvalue weighted by Gasteiger charge is 2.09. The van der Waals surface area contributed by atoms with Crippen LogP contribution < -0.4 is 14.7 Å².